The van der Waals surface area contributed by atoms with Gasteiger partial charge in [-0.2, -0.15) is 0 Å². The van der Waals surface area contributed by atoms with Crippen LogP contribution in [0.3, 0.4) is 0 Å². The number of pyridine rings is 1. The number of aromatic nitrogens is 1. The number of sulfonamides is 1. The molecule has 0 atom stereocenters. The lowest BCUT2D eigenvalue weighted by atomic mass is 10.1. The van der Waals surface area contributed by atoms with Gasteiger partial charge in [-0.3, -0.25) is 0 Å². The second-order valence-electron chi connectivity index (χ2n) is 4.48. The van der Waals surface area contributed by atoms with E-state index in [4.69, 9.17) is 5.11 Å². The monoisotopic (exact) mass is 292 g/mol. The molecule has 2 rings (SSSR count). The van der Waals surface area contributed by atoms with E-state index in [1.54, 1.807) is 0 Å². The first-order chi connectivity index (χ1) is 9.51. The molecular weight excluding hydrogens is 276 g/mol. The summed E-state index contributed by atoms with van der Waals surface area (Å²) in [5.74, 6) is 0. The molecule has 1 aromatic carbocycles. The van der Waals surface area contributed by atoms with Gasteiger partial charge in [-0.25, -0.2) is 18.1 Å². The molecule has 0 aliphatic carbocycles. The minimum Gasteiger partial charge on any atom is -0.392 e. The van der Waals surface area contributed by atoms with E-state index < -0.39 is 10.0 Å². The number of aliphatic hydroxyl groups is 1. The zero-order valence-corrected chi connectivity index (χ0v) is 11.9. The SMILES string of the molecule is Cc1cccc(CNS(=O)(=O)c2ccc(CO)cn2)c1. The Kier molecular flexibility index (Phi) is 4.49. The molecule has 0 amide bonds. The maximum Gasteiger partial charge on any atom is 0.258 e. The average molecular weight is 292 g/mol. The highest BCUT2D eigenvalue weighted by atomic mass is 32.2. The van der Waals surface area contributed by atoms with E-state index in [-0.39, 0.29) is 18.2 Å². The minimum atomic E-state index is -3.64. The zero-order chi connectivity index (χ0) is 14.6. The number of hydrogen-bond donors (Lipinski definition) is 2. The van der Waals surface area contributed by atoms with Gasteiger partial charge in [0, 0.05) is 12.7 Å². The quantitative estimate of drug-likeness (QED) is 0.872. The molecule has 0 spiro atoms. The van der Waals surface area contributed by atoms with Gasteiger partial charge >= 0.3 is 0 Å². The van der Waals surface area contributed by atoms with Crippen LogP contribution in [-0.4, -0.2) is 18.5 Å². The van der Waals surface area contributed by atoms with Crippen molar-refractivity contribution in [3.63, 3.8) is 0 Å². The summed E-state index contributed by atoms with van der Waals surface area (Å²) in [6.45, 7) is 2.00. The second-order valence-corrected chi connectivity index (χ2v) is 6.19. The zero-order valence-electron chi connectivity index (χ0n) is 11.1. The van der Waals surface area contributed by atoms with Gasteiger partial charge in [-0.1, -0.05) is 35.9 Å². The Morgan fingerprint density at radius 2 is 2.00 bits per heavy atom. The van der Waals surface area contributed by atoms with Crippen LogP contribution < -0.4 is 4.72 Å². The van der Waals surface area contributed by atoms with Gasteiger partial charge < -0.3 is 5.11 Å². The fourth-order valence-corrected chi connectivity index (χ4v) is 2.68. The van der Waals surface area contributed by atoms with Gasteiger partial charge in [0.2, 0.25) is 0 Å². The van der Waals surface area contributed by atoms with Gasteiger partial charge in [0.25, 0.3) is 10.0 Å². The summed E-state index contributed by atoms with van der Waals surface area (Å²) in [4.78, 5) is 3.84. The smallest absolute Gasteiger partial charge is 0.258 e. The fraction of sp³-hybridized carbons (Fsp3) is 0.214. The molecule has 1 heterocycles. The maximum atomic E-state index is 12.1. The van der Waals surface area contributed by atoms with Crippen molar-refractivity contribution in [1.29, 1.82) is 0 Å². The molecule has 0 aliphatic heterocycles. The van der Waals surface area contributed by atoms with Gasteiger partial charge in [0.05, 0.1) is 6.61 Å². The van der Waals surface area contributed by atoms with Crippen molar-refractivity contribution in [3.05, 3.63) is 59.3 Å². The highest BCUT2D eigenvalue weighted by molar-refractivity contribution is 7.89. The van der Waals surface area contributed by atoms with Crippen LogP contribution >= 0.6 is 0 Å². The minimum absolute atomic E-state index is 0.0534. The number of aliphatic hydroxyl groups excluding tert-OH is 1. The van der Waals surface area contributed by atoms with Crippen molar-refractivity contribution in [2.24, 2.45) is 0 Å². The lowest BCUT2D eigenvalue weighted by Crippen LogP contribution is -2.24. The Balaban J connectivity index is 2.10. The van der Waals surface area contributed by atoms with Crippen LogP contribution in [0, 0.1) is 6.92 Å². The van der Waals surface area contributed by atoms with E-state index in [1.165, 1.54) is 18.3 Å². The molecule has 0 aliphatic rings. The highest BCUT2D eigenvalue weighted by Crippen LogP contribution is 2.09. The number of hydrogen-bond acceptors (Lipinski definition) is 4. The van der Waals surface area contributed by atoms with Gasteiger partial charge in [0.1, 0.15) is 0 Å². The number of benzene rings is 1. The highest BCUT2D eigenvalue weighted by Gasteiger charge is 2.15. The molecule has 0 saturated carbocycles. The lowest BCUT2D eigenvalue weighted by molar-refractivity contribution is 0.281. The lowest BCUT2D eigenvalue weighted by Gasteiger charge is -2.07. The molecular formula is C14H16N2O3S. The molecule has 6 heteroatoms. The van der Waals surface area contributed by atoms with E-state index >= 15 is 0 Å². The van der Waals surface area contributed by atoms with E-state index in [0.29, 0.717) is 5.56 Å². The third-order valence-corrected chi connectivity index (χ3v) is 4.12. The number of rotatable bonds is 5. The molecule has 1 aromatic heterocycles. The summed E-state index contributed by atoms with van der Waals surface area (Å²) in [5, 5.41) is 8.85. The van der Waals surface area contributed by atoms with Crippen molar-refractivity contribution < 1.29 is 13.5 Å². The molecule has 5 nitrogen and oxygen atoms in total. The average Bonchev–Trinajstić information content (AvgIpc) is 2.45. The number of nitrogens with zero attached hydrogens (tertiary/aromatic N) is 1. The number of aryl methyl sites for hydroxylation is 1. The van der Waals surface area contributed by atoms with Crippen LogP contribution in [0.5, 0.6) is 0 Å². The summed E-state index contributed by atoms with van der Waals surface area (Å²) in [7, 11) is -3.64. The number of nitrogens with one attached hydrogen (secondary N) is 1. The largest absolute Gasteiger partial charge is 0.392 e. The molecule has 2 aromatic rings. The normalized spacial score (nSPS) is 11.5. The van der Waals surface area contributed by atoms with Gasteiger partial charge in [-0.05, 0) is 24.1 Å². The topological polar surface area (TPSA) is 79.3 Å². The van der Waals surface area contributed by atoms with Crippen molar-refractivity contribution >= 4 is 10.0 Å². The van der Waals surface area contributed by atoms with Crippen LogP contribution in [0.4, 0.5) is 0 Å². The summed E-state index contributed by atoms with van der Waals surface area (Å²) in [5.41, 5.74) is 2.54. The molecule has 0 unspecified atom stereocenters. The summed E-state index contributed by atoms with van der Waals surface area (Å²) < 4.78 is 26.6. The molecule has 0 saturated heterocycles. The molecule has 0 fully saturated rings. The predicted octanol–water partition coefficient (Wildman–Crippen LogP) is 1.36. The predicted molar refractivity (Wildman–Crippen MR) is 75.4 cm³/mol. The van der Waals surface area contributed by atoms with Crippen LogP contribution in [0.1, 0.15) is 16.7 Å². The van der Waals surface area contributed by atoms with Gasteiger partial charge in [-0.15, -0.1) is 0 Å². The Bertz CT molecular complexity index is 682. The van der Waals surface area contributed by atoms with Crippen molar-refractivity contribution in [3.8, 4) is 0 Å². The molecule has 0 radical (unpaired) electrons. The Hall–Kier alpha value is -1.76. The fourth-order valence-electron chi connectivity index (χ4n) is 1.74. The van der Waals surface area contributed by atoms with Crippen molar-refractivity contribution in [2.45, 2.75) is 25.1 Å². The standard InChI is InChI=1S/C14H16N2O3S/c1-11-3-2-4-12(7-11)9-16-20(18,19)14-6-5-13(10-17)8-15-14/h2-8,16-17H,9-10H2,1H3. The van der Waals surface area contributed by atoms with Crippen molar-refractivity contribution in [2.75, 3.05) is 0 Å². The van der Waals surface area contributed by atoms with Crippen LogP contribution in [0.15, 0.2) is 47.6 Å². The third kappa shape index (κ3) is 3.63. The Labute approximate surface area is 118 Å². The first-order valence-electron chi connectivity index (χ1n) is 6.12. The van der Waals surface area contributed by atoms with E-state index in [0.717, 1.165) is 11.1 Å². The first kappa shape index (κ1) is 14.6. The first-order valence-corrected chi connectivity index (χ1v) is 7.60. The second kappa shape index (κ2) is 6.13. The maximum absolute atomic E-state index is 12.1. The van der Waals surface area contributed by atoms with Gasteiger partial charge in [0.15, 0.2) is 5.03 Å². The van der Waals surface area contributed by atoms with E-state index in [9.17, 15) is 8.42 Å². The summed E-state index contributed by atoms with van der Waals surface area (Å²) in [6.07, 6.45) is 1.35. The molecule has 2 N–H and O–H groups in total. The van der Waals surface area contributed by atoms with Crippen LogP contribution in [0.25, 0.3) is 0 Å². The Morgan fingerprint density at radius 3 is 2.60 bits per heavy atom. The Morgan fingerprint density at radius 1 is 1.20 bits per heavy atom. The van der Waals surface area contributed by atoms with Crippen LogP contribution in [0.2, 0.25) is 0 Å². The van der Waals surface area contributed by atoms with Crippen LogP contribution in [-0.2, 0) is 23.2 Å². The molecule has 106 valence electrons. The summed E-state index contributed by atoms with van der Waals surface area (Å²) >= 11 is 0. The van der Waals surface area contributed by atoms with E-state index in [1.807, 2.05) is 31.2 Å². The molecule has 20 heavy (non-hydrogen) atoms. The van der Waals surface area contributed by atoms with E-state index in [2.05, 4.69) is 9.71 Å². The molecule has 0 bridgehead atoms. The van der Waals surface area contributed by atoms with Crippen molar-refractivity contribution in [1.82, 2.24) is 9.71 Å². The third-order valence-electron chi connectivity index (χ3n) is 2.80. The summed E-state index contributed by atoms with van der Waals surface area (Å²) in [6, 6.07) is 10.5.